The van der Waals surface area contributed by atoms with Crippen LogP contribution in [-0.4, -0.2) is 22.1 Å². The quantitative estimate of drug-likeness (QED) is 0.851. The molecule has 0 saturated carbocycles. The zero-order valence-corrected chi connectivity index (χ0v) is 11.3. The van der Waals surface area contributed by atoms with Gasteiger partial charge in [0, 0.05) is 13.0 Å². The summed E-state index contributed by atoms with van der Waals surface area (Å²) in [5.41, 5.74) is 5.28. The first-order valence-electron chi connectivity index (χ1n) is 6.06. The van der Waals surface area contributed by atoms with Gasteiger partial charge in [0.15, 0.2) is 5.82 Å². The number of nitrogens with zero attached hydrogens (tertiary/aromatic N) is 3. The van der Waals surface area contributed by atoms with E-state index in [9.17, 15) is 0 Å². The fourth-order valence-corrected chi connectivity index (χ4v) is 1.82. The summed E-state index contributed by atoms with van der Waals surface area (Å²) in [4.78, 5) is 12.9. The van der Waals surface area contributed by atoms with E-state index in [2.05, 4.69) is 28.8 Å². The van der Waals surface area contributed by atoms with Crippen molar-refractivity contribution in [2.24, 2.45) is 0 Å². The zero-order valence-electron chi connectivity index (χ0n) is 11.3. The van der Waals surface area contributed by atoms with Crippen LogP contribution in [-0.2, 0) is 10.3 Å². The van der Waals surface area contributed by atoms with Crippen LogP contribution in [0.3, 0.4) is 0 Å². The van der Waals surface area contributed by atoms with E-state index in [4.69, 9.17) is 10.5 Å². The SMILES string of the molecule is CCC(CC)(OC)c1nc(N)nc(C(C)C)n1. The van der Waals surface area contributed by atoms with Gasteiger partial charge >= 0.3 is 0 Å². The Morgan fingerprint density at radius 2 is 1.76 bits per heavy atom. The molecule has 0 aliphatic carbocycles. The van der Waals surface area contributed by atoms with Crippen molar-refractivity contribution in [3.05, 3.63) is 11.6 Å². The Bertz CT molecular complexity index is 367. The highest BCUT2D eigenvalue weighted by molar-refractivity contribution is 5.20. The molecule has 17 heavy (non-hydrogen) atoms. The Balaban J connectivity index is 3.29. The number of nitrogen functional groups attached to an aromatic ring is 1. The molecule has 5 heteroatoms. The minimum absolute atomic E-state index is 0.224. The molecule has 0 saturated heterocycles. The molecule has 96 valence electrons. The van der Waals surface area contributed by atoms with Crippen LogP contribution in [0, 0.1) is 0 Å². The van der Waals surface area contributed by atoms with E-state index in [0.717, 1.165) is 18.7 Å². The van der Waals surface area contributed by atoms with Crippen molar-refractivity contribution in [1.82, 2.24) is 15.0 Å². The largest absolute Gasteiger partial charge is 0.370 e. The van der Waals surface area contributed by atoms with Gasteiger partial charge < -0.3 is 10.5 Å². The summed E-state index contributed by atoms with van der Waals surface area (Å²) in [5, 5.41) is 0. The van der Waals surface area contributed by atoms with Crippen LogP contribution in [0.4, 0.5) is 5.95 Å². The van der Waals surface area contributed by atoms with Crippen molar-refractivity contribution in [3.8, 4) is 0 Å². The van der Waals surface area contributed by atoms with Gasteiger partial charge in [-0.05, 0) is 12.8 Å². The third kappa shape index (κ3) is 2.72. The lowest BCUT2D eigenvalue weighted by molar-refractivity contribution is -0.0294. The standard InChI is InChI=1S/C12H22N4O/c1-6-12(7-2,17-5)10-14-9(8(3)4)15-11(13)16-10/h8H,6-7H2,1-5H3,(H2,13,14,15,16). The van der Waals surface area contributed by atoms with Crippen molar-refractivity contribution < 1.29 is 4.74 Å². The van der Waals surface area contributed by atoms with Gasteiger partial charge in [0.2, 0.25) is 5.95 Å². The van der Waals surface area contributed by atoms with Gasteiger partial charge in [-0.15, -0.1) is 0 Å². The third-order valence-corrected chi connectivity index (χ3v) is 3.13. The molecule has 0 amide bonds. The summed E-state index contributed by atoms with van der Waals surface area (Å²) in [7, 11) is 1.68. The van der Waals surface area contributed by atoms with Gasteiger partial charge in [0.25, 0.3) is 0 Å². The van der Waals surface area contributed by atoms with Gasteiger partial charge in [0.1, 0.15) is 11.4 Å². The number of nitrogens with two attached hydrogens (primary N) is 1. The zero-order chi connectivity index (χ0) is 13.1. The van der Waals surface area contributed by atoms with Gasteiger partial charge in [-0.25, -0.2) is 4.98 Å². The van der Waals surface area contributed by atoms with Crippen LogP contribution in [0.25, 0.3) is 0 Å². The summed E-state index contributed by atoms with van der Waals surface area (Å²) in [6.07, 6.45) is 1.61. The molecule has 2 N–H and O–H groups in total. The third-order valence-electron chi connectivity index (χ3n) is 3.13. The van der Waals surface area contributed by atoms with Gasteiger partial charge in [-0.3, -0.25) is 0 Å². The van der Waals surface area contributed by atoms with E-state index < -0.39 is 5.60 Å². The average Bonchev–Trinajstić information content (AvgIpc) is 2.31. The lowest BCUT2D eigenvalue weighted by atomic mass is 9.96. The van der Waals surface area contributed by atoms with Crippen molar-refractivity contribution in [1.29, 1.82) is 0 Å². The minimum Gasteiger partial charge on any atom is -0.370 e. The Hall–Kier alpha value is -1.23. The molecule has 0 spiro atoms. The number of ether oxygens (including phenoxy) is 1. The molecule has 0 unspecified atom stereocenters. The molecule has 0 aromatic carbocycles. The maximum Gasteiger partial charge on any atom is 0.223 e. The number of aromatic nitrogens is 3. The van der Waals surface area contributed by atoms with E-state index in [1.165, 1.54) is 0 Å². The number of hydrogen-bond donors (Lipinski definition) is 1. The second-order valence-corrected chi connectivity index (χ2v) is 4.44. The Kier molecular flexibility index (Phi) is 4.40. The summed E-state index contributed by atoms with van der Waals surface area (Å²) in [6.45, 7) is 8.18. The van der Waals surface area contributed by atoms with Crippen LogP contribution in [0.5, 0.6) is 0 Å². The van der Waals surface area contributed by atoms with E-state index in [0.29, 0.717) is 5.82 Å². The smallest absolute Gasteiger partial charge is 0.223 e. The van der Waals surface area contributed by atoms with Crippen LogP contribution in [0.2, 0.25) is 0 Å². The molecular weight excluding hydrogens is 216 g/mol. The first-order chi connectivity index (χ1) is 7.99. The van der Waals surface area contributed by atoms with Crippen molar-refractivity contribution in [2.75, 3.05) is 12.8 Å². The predicted octanol–water partition coefficient (Wildman–Crippen LogP) is 2.24. The molecule has 0 aliphatic heterocycles. The van der Waals surface area contributed by atoms with E-state index in [1.807, 2.05) is 13.8 Å². The highest BCUT2D eigenvalue weighted by Gasteiger charge is 2.32. The second-order valence-electron chi connectivity index (χ2n) is 4.44. The lowest BCUT2D eigenvalue weighted by Gasteiger charge is -2.28. The number of methoxy groups -OCH3 is 1. The van der Waals surface area contributed by atoms with Crippen molar-refractivity contribution in [2.45, 2.75) is 52.1 Å². The second kappa shape index (κ2) is 5.40. The molecule has 1 rings (SSSR count). The molecule has 0 radical (unpaired) electrons. The van der Waals surface area contributed by atoms with Crippen LogP contribution >= 0.6 is 0 Å². The van der Waals surface area contributed by atoms with Gasteiger partial charge in [0.05, 0.1) is 0 Å². The van der Waals surface area contributed by atoms with Crippen LogP contribution < -0.4 is 5.73 Å². The van der Waals surface area contributed by atoms with Gasteiger partial charge in [-0.1, -0.05) is 27.7 Å². The fraction of sp³-hybridized carbons (Fsp3) is 0.750. The molecule has 0 atom stereocenters. The topological polar surface area (TPSA) is 73.9 Å². The highest BCUT2D eigenvalue weighted by atomic mass is 16.5. The van der Waals surface area contributed by atoms with Gasteiger partial charge in [-0.2, -0.15) is 9.97 Å². The van der Waals surface area contributed by atoms with Crippen molar-refractivity contribution in [3.63, 3.8) is 0 Å². The summed E-state index contributed by atoms with van der Waals surface area (Å²) < 4.78 is 5.60. The van der Waals surface area contributed by atoms with Crippen LogP contribution in [0.15, 0.2) is 0 Å². The normalized spacial score (nSPS) is 12.1. The summed E-state index contributed by atoms with van der Waals surface area (Å²) in [5.74, 6) is 1.85. The molecule has 1 aromatic heterocycles. The molecule has 1 heterocycles. The maximum absolute atomic E-state index is 5.74. The molecule has 0 aliphatic rings. The molecular formula is C12H22N4O. The highest BCUT2D eigenvalue weighted by Crippen LogP contribution is 2.30. The first-order valence-corrected chi connectivity index (χ1v) is 6.06. The lowest BCUT2D eigenvalue weighted by Crippen LogP contribution is -2.30. The molecule has 0 fully saturated rings. The predicted molar refractivity (Wildman–Crippen MR) is 67.6 cm³/mol. The Labute approximate surface area is 103 Å². The Morgan fingerprint density at radius 1 is 1.18 bits per heavy atom. The summed E-state index contributed by atoms with van der Waals surface area (Å²) in [6, 6.07) is 0. The average molecular weight is 238 g/mol. The fourth-order valence-electron chi connectivity index (χ4n) is 1.82. The molecule has 1 aromatic rings. The minimum atomic E-state index is -0.458. The maximum atomic E-state index is 5.74. The molecule has 0 bridgehead atoms. The number of hydrogen-bond acceptors (Lipinski definition) is 5. The van der Waals surface area contributed by atoms with Crippen LogP contribution in [0.1, 0.15) is 58.1 Å². The monoisotopic (exact) mass is 238 g/mol. The van der Waals surface area contributed by atoms with Crippen molar-refractivity contribution >= 4 is 5.95 Å². The van der Waals surface area contributed by atoms with E-state index in [1.54, 1.807) is 7.11 Å². The van der Waals surface area contributed by atoms with E-state index in [-0.39, 0.29) is 11.9 Å². The number of anilines is 1. The Morgan fingerprint density at radius 3 is 2.18 bits per heavy atom. The first kappa shape index (κ1) is 13.8. The van der Waals surface area contributed by atoms with E-state index >= 15 is 0 Å². The molecule has 5 nitrogen and oxygen atoms in total. The number of rotatable bonds is 5. The summed E-state index contributed by atoms with van der Waals surface area (Å²) >= 11 is 0.